The number of nitrogens with zero attached hydrogens (tertiary/aromatic N) is 3. The van der Waals surface area contributed by atoms with Gasteiger partial charge >= 0.3 is 0 Å². The predicted molar refractivity (Wildman–Crippen MR) is 97.7 cm³/mol. The molecule has 0 atom stereocenters. The first-order valence-corrected chi connectivity index (χ1v) is 7.98. The van der Waals surface area contributed by atoms with E-state index in [-0.39, 0.29) is 5.91 Å². The van der Waals surface area contributed by atoms with Crippen molar-refractivity contribution in [3.05, 3.63) is 46.9 Å². The molecule has 0 aliphatic rings. The van der Waals surface area contributed by atoms with Crippen LogP contribution >= 0.6 is 0 Å². The van der Waals surface area contributed by atoms with Crippen molar-refractivity contribution in [3.8, 4) is 0 Å². The molecule has 6 heteroatoms. The van der Waals surface area contributed by atoms with Crippen LogP contribution in [0.25, 0.3) is 0 Å². The molecule has 0 aliphatic carbocycles. The molecule has 1 aromatic heterocycles. The highest BCUT2D eigenvalue weighted by atomic mass is 16.1. The quantitative estimate of drug-likeness (QED) is 0.853. The average molecular weight is 327 g/mol. The van der Waals surface area contributed by atoms with Gasteiger partial charge in [0, 0.05) is 24.8 Å². The van der Waals surface area contributed by atoms with E-state index in [0.717, 1.165) is 29.9 Å². The van der Waals surface area contributed by atoms with Crippen LogP contribution in [0.2, 0.25) is 0 Å². The molecule has 1 amide bonds. The number of rotatable bonds is 6. The smallest absolute Gasteiger partial charge is 0.274 e. The molecule has 24 heavy (non-hydrogen) atoms. The van der Waals surface area contributed by atoms with Gasteiger partial charge < -0.3 is 15.5 Å². The highest BCUT2D eigenvalue weighted by Gasteiger charge is 2.12. The summed E-state index contributed by atoms with van der Waals surface area (Å²) in [6.07, 6.45) is 0. The molecule has 1 heterocycles. The first kappa shape index (κ1) is 17.9. The number of amides is 1. The lowest BCUT2D eigenvalue weighted by atomic mass is 10.1. The molecule has 6 nitrogen and oxygen atoms in total. The summed E-state index contributed by atoms with van der Waals surface area (Å²) in [4.78, 5) is 23.2. The largest absolute Gasteiger partial charge is 0.369 e. The highest BCUT2D eigenvalue weighted by Crippen LogP contribution is 2.17. The van der Waals surface area contributed by atoms with Crippen molar-refractivity contribution in [2.24, 2.45) is 0 Å². The maximum Gasteiger partial charge on any atom is 0.274 e. The standard InChI is InChI=1S/C18H25N5O/c1-12-6-7-15(13(2)10-12)22-18(24)16-11-17(21-14(3)20-16)19-8-9-23(4)5/h6-7,10-11H,8-9H2,1-5H3,(H,22,24)(H,19,20,21). The second-order valence-corrected chi connectivity index (χ2v) is 6.19. The van der Waals surface area contributed by atoms with E-state index in [1.165, 1.54) is 0 Å². The molecule has 128 valence electrons. The van der Waals surface area contributed by atoms with Crippen LogP contribution in [0.15, 0.2) is 24.3 Å². The van der Waals surface area contributed by atoms with Gasteiger partial charge in [-0.2, -0.15) is 0 Å². The fraction of sp³-hybridized carbons (Fsp3) is 0.389. The van der Waals surface area contributed by atoms with E-state index in [4.69, 9.17) is 0 Å². The minimum atomic E-state index is -0.233. The molecule has 0 saturated carbocycles. The van der Waals surface area contributed by atoms with E-state index >= 15 is 0 Å². The Morgan fingerprint density at radius 3 is 2.54 bits per heavy atom. The second kappa shape index (κ2) is 7.88. The first-order chi connectivity index (χ1) is 11.3. The van der Waals surface area contributed by atoms with Gasteiger partial charge in [0.05, 0.1) is 0 Å². The van der Waals surface area contributed by atoms with Gasteiger partial charge in [0.25, 0.3) is 5.91 Å². The van der Waals surface area contributed by atoms with Gasteiger partial charge in [0.15, 0.2) is 0 Å². The summed E-state index contributed by atoms with van der Waals surface area (Å²) >= 11 is 0. The van der Waals surface area contributed by atoms with Crippen LogP contribution in [0.5, 0.6) is 0 Å². The predicted octanol–water partition coefficient (Wildman–Crippen LogP) is 2.63. The summed E-state index contributed by atoms with van der Waals surface area (Å²) in [5, 5.41) is 6.14. The van der Waals surface area contributed by atoms with E-state index in [1.807, 2.05) is 46.1 Å². The normalized spacial score (nSPS) is 10.8. The van der Waals surface area contributed by atoms with E-state index in [1.54, 1.807) is 13.0 Å². The summed E-state index contributed by atoms with van der Waals surface area (Å²) in [5.41, 5.74) is 3.34. The number of anilines is 2. The Bertz CT molecular complexity index is 727. The molecule has 0 fully saturated rings. The van der Waals surface area contributed by atoms with E-state index in [2.05, 4.69) is 25.5 Å². The van der Waals surface area contributed by atoms with Gasteiger partial charge in [-0.1, -0.05) is 17.7 Å². The van der Waals surface area contributed by atoms with Gasteiger partial charge in [-0.3, -0.25) is 4.79 Å². The average Bonchev–Trinajstić information content (AvgIpc) is 2.49. The lowest BCUT2D eigenvalue weighted by Crippen LogP contribution is -2.22. The number of carbonyl (C=O) groups excluding carboxylic acids is 1. The molecule has 2 aromatic rings. The Morgan fingerprint density at radius 2 is 1.88 bits per heavy atom. The van der Waals surface area contributed by atoms with Crippen LogP contribution in [0.4, 0.5) is 11.5 Å². The van der Waals surface area contributed by atoms with Gasteiger partial charge in [-0.15, -0.1) is 0 Å². The van der Waals surface area contributed by atoms with Crippen LogP contribution in [-0.2, 0) is 0 Å². The SMILES string of the molecule is Cc1ccc(NC(=O)c2cc(NCCN(C)C)nc(C)n2)c(C)c1. The van der Waals surface area contributed by atoms with Crippen molar-refractivity contribution in [3.63, 3.8) is 0 Å². The minimum absolute atomic E-state index is 0.233. The molecule has 0 bridgehead atoms. The Kier molecular flexibility index (Phi) is 5.87. The summed E-state index contributed by atoms with van der Waals surface area (Å²) < 4.78 is 0. The van der Waals surface area contributed by atoms with Crippen molar-refractivity contribution in [2.45, 2.75) is 20.8 Å². The van der Waals surface area contributed by atoms with Crippen molar-refractivity contribution in [1.29, 1.82) is 0 Å². The number of hydrogen-bond acceptors (Lipinski definition) is 5. The summed E-state index contributed by atoms with van der Waals surface area (Å²) in [7, 11) is 4.02. The fourth-order valence-electron chi connectivity index (χ4n) is 2.32. The van der Waals surface area contributed by atoms with Crippen LogP contribution in [-0.4, -0.2) is 48.0 Å². The zero-order chi connectivity index (χ0) is 17.7. The lowest BCUT2D eigenvalue weighted by molar-refractivity contribution is 0.102. The maximum absolute atomic E-state index is 12.5. The van der Waals surface area contributed by atoms with Gasteiger partial charge in [-0.25, -0.2) is 9.97 Å². The maximum atomic E-state index is 12.5. The third-order valence-electron chi connectivity index (χ3n) is 3.57. The number of aromatic nitrogens is 2. The summed E-state index contributed by atoms with van der Waals surface area (Å²) in [6, 6.07) is 7.60. The molecule has 0 spiro atoms. The van der Waals surface area contributed by atoms with Crippen molar-refractivity contribution >= 4 is 17.4 Å². The van der Waals surface area contributed by atoms with E-state index < -0.39 is 0 Å². The lowest BCUT2D eigenvalue weighted by Gasteiger charge is -2.12. The Hall–Kier alpha value is -2.47. The van der Waals surface area contributed by atoms with Crippen LogP contribution in [0.3, 0.4) is 0 Å². The van der Waals surface area contributed by atoms with E-state index in [0.29, 0.717) is 17.3 Å². The topological polar surface area (TPSA) is 70.2 Å². The molecule has 0 aliphatic heterocycles. The molecular formula is C18H25N5O. The molecule has 2 rings (SSSR count). The van der Waals surface area contributed by atoms with Crippen molar-refractivity contribution in [2.75, 3.05) is 37.8 Å². The molecule has 1 aromatic carbocycles. The Balaban J connectivity index is 2.12. The monoisotopic (exact) mass is 327 g/mol. The Labute approximate surface area is 143 Å². The number of carbonyl (C=O) groups is 1. The third-order valence-corrected chi connectivity index (χ3v) is 3.57. The number of benzene rings is 1. The summed E-state index contributed by atoms with van der Waals surface area (Å²) in [5.74, 6) is 0.994. The zero-order valence-electron chi connectivity index (χ0n) is 15.0. The molecule has 2 N–H and O–H groups in total. The number of likely N-dealkylation sites (N-methyl/N-ethyl adjacent to an activating group) is 1. The second-order valence-electron chi connectivity index (χ2n) is 6.19. The zero-order valence-corrected chi connectivity index (χ0v) is 15.0. The summed E-state index contributed by atoms with van der Waals surface area (Å²) in [6.45, 7) is 7.42. The van der Waals surface area contributed by atoms with Crippen LogP contribution in [0, 0.1) is 20.8 Å². The van der Waals surface area contributed by atoms with Gasteiger partial charge in [0.2, 0.25) is 0 Å². The van der Waals surface area contributed by atoms with Crippen LogP contribution in [0.1, 0.15) is 27.4 Å². The van der Waals surface area contributed by atoms with Gasteiger partial charge in [-0.05, 0) is 46.5 Å². The number of aryl methyl sites for hydroxylation is 3. The van der Waals surface area contributed by atoms with Gasteiger partial charge in [0.1, 0.15) is 17.3 Å². The first-order valence-electron chi connectivity index (χ1n) is 7.98. The van der Waals surface area contributed by atoms with Crippen molar-refractivity contribution < 1.29 is 4.79 Å². The fourth-order valence-corrected chi connectivity index (χ4v) is 2.32. The molecule has 0 saturated heterocycles. The molecular weight excluding hydrogens is 302 g/mol. The van der Waals surface area contributed by atoms with Crippen molar-refractivity contribution in [1.82, 2.24) is 14.9 Å². The number of hydrogen-bond donors (Lipinski definition) is 2. The number of nitrogens with one attached hydrogen (secondary N) is 2. The Morgan fingerprint density at radius 1 is 1.12 bits per heavy atom. The third kappa shape index (κ3) is 5.03. The highest BCUT2D eigenvalue weighted by molar-refractivity contribution is 6.03. The molecule has 0 unspecified atom stereocenters. The minimum Gasteiger partial charge on any atom is -0.369 e. The molecule has 0 radical (unpaired) electrons. The van der Waals surface area contributed by atoms with E-state index in [9.17, 15) is 4.79 Å². The van der Waals surface area contributed by atoms with Crippen LogP contribution < -0.4 is 10.6 Å².